The topological polar surface area (TPSA) is 74.5 Å². The quantitative estimate of drug-likeness (QED) is 0.708. The van der Waals surface area contributed by atoms with Gasteiger partial charge in [-0.15, -0.1) is 0 Å². The van der Waals surface area contributed by atoms with Crippen LogP contribution in [0.2, 0.25) is 0 Å². The molecule has 1 atom stereocenters. The molecule has 0 amide bonds. The molecule has 0 N–H and O–H groups in total. The number of hydrogen-bond acceptors (Lipinski definition) is 6. The minimum atomic E-state index is -0.646. The molecule has 0 bridgehead atoms. The monoisotopic (exact) mass is 270 g/mol. The smallest absolute Gasteiger partial charge is 0.318 e. The molecular formula is C13H22N2O4. The van der Waals surface area contributed by atoms with Gasteiger partial charge in [-0.2, -0.15) is 4.98 Å². The van der Waals surface area contributed by atoms with Gasteiger partial charge in [0.2, 0.25) is 11.7 Å². The lowest BCUT2D eigenvalue weighted by molar-refractivity contribution is -0.145. The molecule has 0 radical (unpaired) electrons. The third-order valence-corrected chi connectivity index (χ3v) is 2.94. The van der Waals surface area contributed by atoms with Gasteiger partial charge in [-0.25, -0.2) is 0 Å². The lowest BCUT2D eigenvalue weighted by Crippen LogP contribution is -2.22. The van der Waals surface area contributed by atoms with Gasteiger partial charge in [0.05, 0.1) is 6.61 Å². The first-order valence-electron chi connectivity index (χ1n) is 6.52. The van der Waals surface area contributed by atoms with Crippen molar-refractivity contribution in [3.8, 4) is 0 Å². The van der Waals surface area contributed by atoms with Gasteiger partial charge in [-0.05, 0) is 27.2 Å². The molecular weight excluding hydrogens is 248 g/mol. The van der Waals surface area contributed by atoms with Gasteiger partial charge in [0.15, 0.2) is 0 Å². The first kappa shape index (κ1) is 15.6. The maximum atomic E-state index is 11.9. The number of hydrogen-bond donors (Lipinski definition) is 0. The molecule has 1 rings (SSSR count). The van der Waals surface area contributed by atoms with E-state index in [1.165, 1.54) is 0 Å². The Labute approximate surface area is 113 Å². The minimum Gasteiger partial charge on any atom is -0.465 e. The Balaban J connectivity index is 2.95. The van der Waals surface area contributed by atoms with E-state index in [4.69, 9.17) is 14.0 Å². The molecule has 1 unspecified atom stereocenters. The van der Waals surface area contributed by atoms with Gasteiger partial charge in [-0.1, -0.05) is 18.5 Å². The molecule has 0 aliphatic heterocycles. The summed E-state index contributed by atoms with van der Waals surface area (Å²) in [7, 11) is 1.57. The largest absolute Gasteiger partial charge is 0.465 e. The molecule has 0 aliphatic rings. The highest BCUT2D eigenvalue weighted by Crippen LogP contribution is 2.26. The Morgan fingerprint density at radius 1 is 1.42 bits per heavy atom. The molecule has 6 heteroatoms. The van der Waals surface area contributed by atoms with Crippen LogP contribution in [0, 0.1) is 0 Å². The summed E-state index contributed by atoms with van der Waals surface area (Å²) in [6.07, 6.45) is 1.45. The number of esters is 1. The average molecular weight is 270 g/mol. The molecule has 108 valence electrons. The molecule has 1 aromatic rings. The maximum Gasteiger partial charge on any atom is 0.318 e. The van der Waals surface area contributed by atoms with E-state index < -0.39 is 11.5 Å². The standard InChI is InChI=1S/C13H22N2O4/c1-6-8-9(11(16)18-7-2)10-14-12(15-19-10)13(3,4)17-5/h9H,6-8H2,1-5H3. The zero-order chi connectivity index (χ0) is 14.5. The number of aromatic nitrogens is 2. The lowest BCUT2D eigenvalue weighted by atomic mass is 10.0. The van der Waals surface area contributed by atoms with Crippen molar-refractivity contribution in [1.29, 1.82) is 0 Å². The van der Waals surface area contributed by atoms with Crippen molar-refractivity contribution in [2.45, 2.75) is 52.1 Å². The van der Waals surface area contributed by atoms with Gasteiger partial charge >= 0.3 is 5.97 Å². The zero-order valence-corrected chi connectivity index (χ0v) is 12.2. The molecule has 6 nitrogen and oxygen atoms in total. The van der Waals surface area contributed by atoms with E-state index in [1.807, 2.05) is 20.8 Å². The first-order valence-corrected chi connectivity index (χ1v) is 6.52. The highest BCUT2D eigenvalue weighted by Gasteiger charge is 2.31. The molecule has 1 aromatic heterocycles. The third-order valence-electron chi connectivity index (χ3n) is 2.94. The van der Waals surface area contributed by atoms with Gasteiger partial charge < -0.3 is 14.0 Å². The van der Waals surface area contributed by atoms with Crippen LogP contribution >= 0.6 is 0 Å². The van der Waals surface area contributed by atoms with E-state index >= 15 is 0 Å². The summed E-state index contributed by atoms with van der Waals surface area (Å²) < 4.78 is 15.5. The normalized spacial score (nSPS) is 13.3. The number of carbonyl (C=O) groups excluding carboxylic acids is 1. The number of carbonyl (C=O) groups is 1. The fourth-order valence-electron chi connectivity index (χ4n) is 1.59. The number of rotatable bonds is 7. The van der Waals surface area contributed by atoms with E-state index in [0.717, 1.165) is 6.42 Å². The van der Waals surface area contributed by atoms with Crippen molar-refractivity contribution in [1.82, 2.24) is 10.1 Å². The molecule has 0 aliphatic carbocycles. The fourth-order valence-corrected chi connectivity index (χ4v) is 1.59. The first-order chi connectivity index (χ1) is 8.96. The second kappa shape index (κ2) is 6.65. The Hall–Kier alpha value is -1.43. The predicted molar refractivity (Wildman–Crippen MR) is 68.6 cm³/mol. The van der Waals surface area contributed by atoms with Crippen LogP contribution in [0.25, 0.3) is 0 Å². The van der Waals surface area contributed by atoms with E-state index in [-0.39, 0.29) is 5.97 Å². The minimum absolute atomic E-state index is 0.292. The van der Waals surface area contributed by atoms with E-state index in [1.54, 1.807) is 14.0 Å². The van der Waals surface area contributed by atoms with Crippen LogP contribution in [-0.2, 0) is 19.9 Å². The van der Waals surface area contributed by atoms with Gasteiger partial charge in [0.1, 0.15) is 11.5 Å². The SMILES string of the molecule is CCCC(C(=O)OCC)c1nc(C(C)(C)OC)no1. The van der Waals surface area contributed by atoms with Crippen LogP contribution in [-0.4, -0.2) is 29.8 Å². The van der Waals surface area contributed by atoms with Crippen LogP contribution in [0.15, 0.2) is 4.52 Å². The van der Waals surface area contributed by atoms with Crippen LogP contribution < -0.4 is 0 Å². The second-order valence-corrected chi connectivity index (χ2v) is 4.76. The van der Waals surface area contributed by atoms with Crippen molar-refractivity contribution in [2.24, 2.45) is 0 Å². The van der Waals surface area contributed by atoms with Crippen LogP contribution in [0.4, 0.5) is 0 Å². The second-order valence-electron chi connectivity index (χ2n) is 4.76. The van der Waals surface area contributed by atoms with Crippen molar-refractivity contribution >= 4 is 5.97 Å². The average Bonchev–Trinajstić information content (AvgIpc) is 2.86. The van der Waals surface area contributed by atoms with Gasteiger partial charge in [0.25, 0.3) is 0 Å². The molecule has 19 heavy (non-hydrogen) atoms. The van der Waals surface area contributed by atoms with E-state index in [2.05, 4.69) is 10.1 Å². The lowest BCUT2D eigenvalue weighted by Gasteiger charge is -2.17. The van der Waals surface area contributed by atoms with Crippen molar-refractivity contribution in [2.75, 3.05) is 13.7 Å². The van der Waals surface area contributed by atoms with Crippen molar-refractivity contribution < 1.29 is 18.8 Å². The van der Waals surface area contributed by atoms with Gasteiger partial charge in [-0.3, -0.25) is 4.79 Å². The maximum absolute atomic E-state index is 11.9. The van der Waals surface area contributed by atoms with Crippen LogP contribution in [0.3, 0.4) is 0 Å². The van der Waals surface area contributed by atoms with Crippen molar-refractivity contribution in [3.63, 3.8) is 0 Å². The van der Waals surface area contributed by atoms with Gasteiger partial charge in [0, 0.05) is 7.11 Å². The van der Waals surface area contributed by atoms with E-state index in [9.17, 15) is 4.79 Å². The van der Waals surface area contributed by atoms with Crippen LogP contribution in [0.1, 0.15) is 58.2 Å². The summed E-state index contributed by atoms with van der Waals surface area (Å²) >= 11 is 0. The Kier molecular flexibility index (Phi) is 5.47. The van der Waals surface area contributed by atoms with Crippen molar-refractivity contribution in [3.05, 3.63) is 11.7 Å². The number of methoxy groups -OCH3 is 1. The van der Waals surface area contributed by atoms with E-state index in [0.29, 0.717) is 24.7 Å². The summed E-state index contributed by atoms with van der Waals surface area (Å²) in [5.74, 6) is -0.107. The molecule has 0 fully saturated rings. The highest BCUT2D eigenvalue weighted by molar-refractivity contribution is 5.76. The number of ether oxygens (including phenoxy) is 2. The molecule has 0 aromatic carbocycles. The summed E-state index contributed by atoms with van der Waals surface area (Å²) in [4.78, 5) is 16.2. The predicted octanol–water partition coefficient (Wildman–Crippen LogP) is 2.40. The zero-order valence-electron chi connectivity index (χ0n) is 12.2. The summed E-state index contributed by atoms with van der Waals surface area (Å²) in [6, 6.07) is 0. The summed E-state index contributed by atoms with van der Waals surface area (Å²) in [5, 5.41) is 3.89. The Morgan fingerprint density at radius 2 is 2.11 bits per heavy atom. The summed E-state index contributed by atoms with van der Waals surface area (Å²) in [5.41, 5.74) is -0.646. The molecule has 0 saturated heterocycles. The molecule has 1 heterocycles. The highest BCUT2D eigenvalue weighted by atomic mass is 16.5. The summed E-state index contributed by atoms with van der Waals surface area (Å²) in [6.45, 7) is 7.77. The number of nitrogens with zero attached hydrogens (tertiary/aromatic N) is 2. The Bertz CT molecular complexity index is 415. The Morgan fingerprint density at radius 3 is 2.63 bits per heavy atom. The third kappa shape index (κ3) is 3.76. The van der Waals surface area contributed by atoms with Crippen LogP contribution in [0.5, 0.6) is 0 Å². The fraction of sp³-hybridized carbons (Fsp3) is 0.769. The molecule has 0 saturated carbocycles. The molecule has 0 spiro atoms.